The fourth-order valence-corrected chi connectivity index (χ4v) is 3.00. The third kappa shape index (κ3) is 4.70. The molecule has 0 radical (unpaired) electrons. The first-order chi connectivity index (χ1) is 14.6. The molecule has 4 rings (SSSR count). The number of hydrogen-bond acceptors (Lipinski definition) is 6. The van der Waals surface area contributed by atoms with Crippen LogP contribution in [0.2, 0.25) is 0 Å². The normalized spacial score (nSPS) is 10.6. The molecule has 0 spiro atoms. The van der Waals surface area contributed by atoms with E-state index in [9.17, 15) is 4.79 Å². The van der Waals surface area contributed by atoms with E-state index in [1.54, 1.807) is 19.1 Å². The van der Waals surface area contributed by atoms with E-state index in [4.69, 9.17) is 4.52 Å². The Balaban J connectivity index is 1.61. The summed E-state index contributed by atoms with van der Waals surface area (Å²) in [5.74, 6) is 1.80. The van der Waals surface area contributed by atoms with E-state index >= 15 is 0 Å². The summed E-state index contributed by atoms with van der Waals surface area (Å²) in [5.41, 5.74) is 3.24. The molecule has 2 aromatic heterocycles. The van der Waals surface area contributed by atoms with Crippen LogP contribution in [0.3, 0.4) is 0 Å². The largest absolute Gasteiger partial charge is 0.360 e. The van der Waals surface area contributed by atoms with Crippen molar-refractivity contribution < 1.29 is 9.32 Å². The lowest BCUT2D eigenvalue weighted by molar-refractivity contribution is 0.0946. The van der Waals surface area contributed by atoms with E-state index < -0.39 is 0 Å². The number of carbonyl (C=O) groups is 1. The van der Waals surface area contributed by atoms with Crippen LogP contribution in [0.4, 0.5) is 11.6 Å². The fourth-order valence-electron chi connectivity index (χ4n) is 3.00. The Morgan fingerprint density at radius 3 is 2.50 bits per heavy atom. The highest BCUT2D eigenvalue weighted by molar-refractivity contribution is 5.93. The molecule has 2 heterocycles. The molecule has 0 aliphatic heterocycles. The summed E-state index contributed by atoms with van der Waals surface area (Å²) in [4.78, 5) is 21.8. The highest BCUT2D eigenvalue weighted by atomic mass is 16.5. The Hall–Kier alpha value is -4.00. The van der Waals surface area contributed by atoms with Gasteiger partial charge in [0, 0.05) is 24.2 Å². The van der Waals surface area contributed by atoms with Crippen LogP contribution < -0.4 is 10.6 Å². The van der Waals surface area contributed by atoms with E-state index in [0.717, 1.165) is 16.7 Å². The molecule has 1 amide bonds. The van der Waals surface area contributed by atoms with E-state index in [-0.39, 0.29) is 11.6 Å². The number of aromatic nitrogens is 3. The summed E-state index contributed by atoms with van der Waals surface area (Å²) in [5, 5.41) is 9.93. The van der Waals surface area contributed by atoms with E-state index in [2.05, 4.69) is 25.8 Å². The van der Waals surface area contributed by atoms with Crippen molar-refractivity contribution in [3.63, 3.8) is 0 Å². The first-order valence-corrected chi connectivity index (χ1v) is 9.55. The molecule has 7 nitrogen and oxygen atoms in total. The molecule has 0 saturated heterocycles. The second-order valence-corrected chi connectivity index (χ2v) is 6.95. The van der Waals surface area contributed by atoms with E-state index in [0.29, 0.717) is 29.8 Å². The SMILES string of the molecule is Cc1cccc(CNC(=O)c2cc(Nc3cc(C)on3)nc(-c3ccccc3)n2)c1. The third-order valence-electron chi connectivity index (χ3n) is 4.41. The summed E-state index contributed by atoms with van der Waals surface area (Å²) in [6.07, 6.45) is 0. The zero-order valence-electron chi connectivity index (χ0n) is 16.7. The topological polar surface area (TPSA) is 92.9 Å². The van der Waals surface area contributed by atoms with Crippen LogP contribution in [0.15, 0.2) is 71.3 Å². The van der Waals surface area contributed by atoms with Crippen molar-refractivity contribution in [3.05, 3.63) is 89.3 Å². The molecule has 0 aliphatic carbocycles. The van der Waals surface area contributed by atoms with Gasteiger partial charge in [-0.05, 0) is 19.4 Å². The quantitative estimate of drug-likeness (QED) is 0.498. The molecule has 2 aromatic carbocycles. The first kappa shape index (κ1) is 19.3. The summed E-state index contributed by atoms with van der Waals surface area (Å²) < 4.78 is 5.09. The van der Waals surface area contributed by atoms with Gasteiger partial charge in [-0.1, -0.05) is 65.3 Å². The monoisotopic (exact) mass is 399 g/mol. The van der Waals surface area contributed by atoms with Gasteiger partial charge in [0.2, 0.25) is 0 Å². The van der Waals surface area contributed by atoms with Gasteiger partial charge in [0.15, 0.2) is 11.6 Å². The lowest BCUT2D eigenvalue weighted by Crippen LogP contribution is -2.24. The molecule has 0 fully saturated rings. The standard InChI is InChI=1S/C23H21N5O2/c1-15-7-6-8-17(11-15)14-24-23(29)19-13-20(26-21-12-16(2)30-28-21)27-22(25-19)18-9-4-3-5-10-18/h3-13H,14H2,1-2H3,(H,24,29)(H,25,26,27,28). The number of rotatable bonds is 6. The number of nitrogens with one attached hydrogen (secondary N) is 2. The number of aryl methyl sites for hydroxylation is 2. The molecule has 0 atom stereocenters. The van der Waals surface area contributed by atoms with Gasteiger partial charge >= 0.3 is 0 Å². The molecule has 0 aliphatic rings. The van der Waals surface area contributed by atoms with Crippen LogP contribution in [-0.2, 0) is 6.54 Å². The number of benzene rings is 2. The lowest BCUT2D eigenvalue weighted by Gasteiger charge is -2.10. The minimum atomic E-state index is -0.282. The Morgan fingerprint density at radius 2 is 1.77 bits per heavy atom. The van der Waals surface area contributed by atoms with Crippen molar-refractivity contribution in [2.75, 3.05) is 5.32 Å². The molecule has 0 bridgehead atoms. The fraction of sp³-hybridized carbons (Fsp3) is 0.130. The second kappa shape index (κ2) is 8.57. The van der Waals surface area contributed by atoms with Crippen LogP contribution in [0, 0.1) is 13.8 Å². The number of hydrogen-bond donors (Lipinski definition) is 2. The van der Waals surface area contributed by atoms with Gasteiger partial charge in [0.25, 0.3) is 5.91 Å². The van der Waals surface area contributed by atoms with Gasteiger partial charge in [-0.3, -0.25) is 4.79 Å². The molecule has 0 unspecified atom stereocenters. The molecule has 7 heteroatoms. The molecular weight excluding hydrogens is 378 g/mol. The Kier molecular flexibility index (Phi) is 5.52. The van der Waals surface area contributed by atoms with Gasteiger partial charge in [0.1, 0.15) is 17.3 Å². The van der Waals surface area contributed by atoms with Gasteiger partial charge in [-0.15, -0.1) is 0 Å². The van der Waals surface area contributed by atoms with Crippen molar-refractivity contribution >= 4 is 17.5 Å². The van der Waals surface area contributed by atoms with Crippen molar-refractivity contribution in [2.45, 2.75) is 20.4 Å². The minimum absolute atomic E-state index is 0.263. The van der Waals surface area contributed by atoms with Crippen LogP contribution in [0.1, 0.15) is 27.4 Å². The molecule has 150 valence electrons. The number of nitrogens with zero attached hydrogens (tertiary/aromatic N) is 3. The zero-order chi connectivity index (χ0) is 20.9. The predicted molar refractivity (Wildman–Crippen MR) is 114 cm³/mol. The summed E-state index contributed by atoms with van der Waals surface area (Å²) in [7, 11) is 0. The number of anilines is 2. The van der Waals surface area contributed by atoms with Crippen molar-refractivity contribution in [1.82, 2.24) is 20.4 Å². The lowest BCUT2D eigenvalue weighted by atomic mass is 10.1. The molecule has 2 N–H and O–H groups in total. The highest BCUT2D eigenvalue weighted by Crippen LogP contribution is 2.21. The van der Waals surface area contributed by atoms with Crippen molar-refractivity contribution in [1.29, 1.82) is 0 Å². The second-order valence-electron chi connectivity index (χ2n) is 6.95. The average molecular weight is 399 g/mol. The highest BCUT2D eigenvalue weighted by Gasteiger charge is 2.14. The van der Waals surface area contributed by atoms with Gasteiger partial charge in [0.05, 0.1) is 0 Å². The van der Waals surface area contributed by atoms with Crippen LogP contribution >= 0.6 is 0 Å². The summed E-state index contributed by atoms with van der Waals surface area (Å²) in [6, 6.07) is 20.9. The third-order valence-corrected chi connectivity index (χ3v) is 4.41. The Morgan fingerprint density at radius 1 is 0.933 bits per heavy atom. The van der Waals surface area contributed by atoms with Gasteiger partial charge in [-0.2, -0.15) is 0 Å². The van der Waals surface area contributed by atoms with E-state index in [1.165, 1.54) is 0 Å². The number of amides is 1. The average Bonchev–Trinajstić information content (AvgIpc) is 3.17. The molecule has 30 heavy (non-hydrogen) atoms. The maximum Gasteiger partial charge on any atom is 0.270 e. The molecular formula is C23H21N5O2. The molecule has 4 aromatic rings. The van der Waals surface area contributed by atoms with Crippen LogP contribution in [0.25, 0.3) is 11.4 Å². The van der Waals surface area contributed by atoms with Crippen LogP contribution in [0.5, 0.6) is 0 Å². The van der Waals surface area contributed by atoms with Crippen LogP contribution in [-0.4, -0.2) is 21.0 Å². The van der Waals surface area contributed by atoms with Crippen molar-refractivity contribution in [2.24, 2.45) is 0 Å². The van der Waals surface area contributed by atoms with Gasteiger partial charge in [-0.25, -0.2) is 9.97 Å². The molecule has 0 saturated carbocycles. The Labute approximate surface area is 174 Å². The summed E-state index contributed by atoms with van der Waals surface area (Å²) in [6.45, 7) is 4.24. The number of carbonyl (C=O) groups excluding carboxylic acids is 1. The minimum Gasteiger partial charge on any atom is -0.360 e. The first-order valence-electron chi connectivity index (χ1n) is 9.55. The van der Waals surface area contributed by atoms with Gasteiger partial charge < -0.3 is 15.2 Å². The maximum absolute atomic E-state index is 12.8. The smallest absolute Gasteiger partial charge is 0.270 e. The maximum atomic E-state index is 12.8. The predicted octanol–water partition coefficient (Wildman–Crippen LogP) is 4.42. The zero-order valence-corrected chi connectivity index (χ0v) is 16.7. The van der Waals surface area contributed by atoms with E-state index in [1.807, 2.05) is 61.5 Å². The van der Waals surface area contributed by atoms with Crippen molar-refractivity contribution in [3.8, 4) is 11.4 Å². The Bertz CT molecular complexity index is 1170. The summed E-state index contributed by atoms with van der Waals surface area (Å²) >= 11 is 0.